The van der Waals surface area contributed by atoms with Crippen LogP contribution in [-0.2, 0) is 22.3 Å². The third-order valence-corrected chi connectivity index (χ3v) is 12.8. The first kappa shape index (κ1) is 24.5. The zero-order valence-electron chi connectivity index (χ0n) is 24.7. The Kier molecular flexibility index (Phi) is 4.59. The van der Waals surface area contributed by atoms with Crippen molar-refractivity contribution in [3.8, 4) is 0 Å². The minimum Gasteiger partial charge on any atom is -0.124 e. The minimum atomic E-state index is -0.223. The Bertz CT molecular complexity index is 2240. The molecule has 0 N–H and O–H groups in total. The second-order valence-electron chi connectivity index (χ2n) is 13.2. The van der Waals surface area contributed by atoms with Gasteiger partial charge in [0.05, 0.1) is 9.49 Å². The monoisotopic (exact) mass is 588 g/mol. The summed E-state index contributed by atoms with van der Waals surface area (Å²) >= 11 is 2.19. The van der Waals surface area contributed by atoms with E-state index in [2.05, 4.69) is 157 Å². The second-order valence-corrected chi connectivity index (χ2v) is 14.7. The summed E-state index contributed by atoms with van der Waals surface area (Å²) in [6.07, 6.45) is 1.93. The molecule has 45 heavy (non-hydrogen) atoms. The van der Waals surface area contributed by atoms with E-state index in [0.29, 0.717) is 0 Å². The van der Waals surface area contributed by atoms with Crippen LogP contribution < -0.4 is 0 Å². The molecule has 0 radical (unpaired) electrons. The van der Waals surface area contributed by atoms with Crippen molar-refractivity contribution in [2.75, 3.05) is 0 Å². The van der Waals surface area contributed by atoms with Gasteiger partial charge in [0.15, 0.2) is 0 Å². The fourth-order valence-corrected chi connectivity index (χ4v) is 11.0. The number of fused-ring (bicyclic) bond motifs is 13. The van der Waals surface area contributed by atoms with Crippen LogP contribution in [0.2, 0.25) is 0 Å². The van der Waals surface area contributed by atoms with E-state index in [-0.39, 0.29) is 9.49 Å². The molecule has 11 rings (SSSR count). The predicted octanol–water partition coefficient (Wildman–Crippen LogP) is 11.0. The number of benzene rings is 8. The molecule has 2 spiro atoms. The van der Waals surface area contributed by atoms with E-state index in [1.165, 1.54) is 87.6 Å². The molecule has 1 fully saturated rings. The molecule has 0 aromatic heterocycles. The quantitative estimate of drug-likeness (QED) is 0.159. The van der Waals surface area contributed by atoms with E-state index in [0.717, 1.165) is 12.8 Å². The van der Waals surface area contributed by atoms with E-state index in [4.69, 9.17) is 0 Å². The Labute approximate surface area is 266 Å². The first-order chi connectivity index (χ1) is 22.2. The summed E-state index contributed by atoms with van der Waals surface area (Å²) in [6, 6.07) is 55.8. The molecule has 0 amide bonds. The van der Waals surface area contributed by atoms with Gasteiger partial charge in [0.2, 0.25) is 0 Å². The smallest absolute Gasteiger partial charge is 0.0905 e. The third kappa shape index (κ3) is 3.09. The first-order valence-corrected chi connectivity index (χ1v) is 16.8. The SMILES string of the molecule is c1ccc2cc3c(cc2c1)Cc1cc2ccccc2cc1C31SC12c1cc3ccccc3cc1Cc1cc3ccccc3cc12. The van der Waals surface area contributed by atoms with Crippen LogP contribution in [0.3, 0.4) is 0 Å². The molecule has 0 unspecified atom stereocenters. The third-order valence-electron chi connectivity index (χ3n) is 10.9. The van der Waals surface area contributed by atoms with Crippen LogP contribution in [0.5, 0.6) is 0 Å². The molecule has 0 bridgehead atoms. The lowest BCUT2D eigenvalue weighted by Crippen LogP contribution is -2.33. The minimum absolute atomic E-state index is 0.223. The Morgan fingerprint density at radius 2 is 0.533 bits per heavy atom. The molecule has 8 aromatic rings. The predicted molar refractivity (Wildman–Crippen MR) is 191 cm³/mol. The molecule has 2 aliphatic carbocycles. The lowest BCUT2D eigenvalue weighted by Gasteiger charge is -2.37. The lowest BCUT2D eigenvalue weighted by molar-refractivity contribution is 0.647. The highest BCUT2D eigenvalue weighted by atomic mass is 32.2. The van der Waals surface area contributed by atoms with Crippen LogP contribution in [0.4, 0.5) is 0 Å². The summed E-state index contributed by atoms with van der Waals surface area (Å²) in [5, 5.41) is 10.6. The normalized spacial score (nSPS) is 16.5. The van der Waals surface area contributed by atoms with Crippen molar-refractivity contribution in [2.24, 2.45) is 0 Å². The van der Waals surface area contributed by atoms with Gasteiger partial charge in [-0.3, -0.25) is 0 Å². The van der Waals surface area contributed by atoms with Crippen molar-refractivity contribution in [1.29, 1.82) is 0 Å². The van der Waals surface area contributed by atoms with Gasteiger partial charge in [-0.25, -0.2) is 0 Å². The molecule has 0 saturated carbocycles. The van der Waals surface area contributed by atoms with E-state index < -0.39 is 0 Å². The fraction of sp³-hybridized carbons (Fsp3) is 0.0909. The van der Waals surface area contributed by atoms with Gasteiger partial charge in [-0.05, 0) is 125 Å². The number of thioether (sulfide) groups is 1. The van der Waals surface area contributed by atoms with Crippen molar-refractivity contribution in [3.05, 3.63) is 190 Å². The van der Waals surface area contributed by atoms with Gasteiger partial charge in [0.1, 0.15) is 0 Å². The Morgan fingerprint density at radius 1 is 0.311 bits per heavy atom. The average molecular weight is 589 g/mol. The molecular weight excluding hydrogens is 561 g/mol. The van der Waals surface area contributed by atoms with Gasteiger partial charge in [-0.2, -0.15) is 0 Å². The zero-order valence-corrected chi connectivity index (χ0v) is 25.5. The maximum Gasteiger partial charge on any atom is 0.0905 e. The van der Waals surface area contributed by atoms with Crippen molar-refractivity contribution < 1.29 is 0 Å². The van der Waals surface area contributed by atoms with Gasteiger partial charge in [0, 0.05) is 0 Å². The van der Waals surface area contributed by atoms with Crippen molar-refractivity contribution >= 4 is 54.9 Å². The van der Waals surface area contributed by atoms with Gasteiger partial charge in [-0.1, -0.05) is 121 Å². The fourth-order valence-electron chi connectivity index (χ4n) is 8.93. The topological polar surface area (TPSA) is 0 Å². The second kappa shape index (κ2) is 8.44. The highest BCUT2D eigenvalue weighted by Gasteiger charge is 2.75. The summed E-state index contributed by atoms with van der Waals surface area (Å²) < 4.78 is -0.447. The van der Waals surface area contributed by atoms with Crippen molar-refractivity contribution in [2.45, 2.75) is 22.3 Å². The van der Waals surface area contributed by atoms with Gasteiger partial charge >= 0.3 is 0 Å². The summed E-state index contributed by atoms with van der Waals surface area (Å²) in [5.41, 5.74) is 11.9. The summed E-state index contributed by atoms with van der Waals surface area (Å²) in [5.74, 6) is 0. The Hall–Kier alpha value is -4.85. The highest BCUT2D eigenvalue weighted by Crippen LogP contribution is 2.84. The number of hydrogen-bond donors (Lipinski definition) is 0. The summed E-state index contributed by atoms with van der Waals surface area (Å²) in [7, 11) is 0. The molecular formula is C44H28S. The zero-order chi connectivity index (χ0) is 29.3. The van der Waals surface area contributed by atoms with Gasteiger partial charge in [-0.15, -0.1) is 11.8 Å². The van der Waals surface area contributed by atoms with Crippen LogP contribution in [0.15, 0.2) is 146 Å². The summed E-state index contributed by atoms with van der Waals surface area (Å²) in [6.45, 7) is 0. The van der Waals surface area contributed by atoms with E-state index in [1.807, 2.05) is 0 Å². The molecule has 1 heteroatoms. The average Bonchev–Trinajstić information content (AvgIpc) is 3.76. The Balaban J connectivity index is 1.30. The van der Waals surface area contributed by atoms with Gasteiger partial charge < -0.3 is 0 Å². The van der Waals surface area contributed by atoms with E-state index >= 15 is 0 Å². The van der Waals surface area contributed by atoms with E-state index in [1.54, 1.807) is 0 Å². The standard InChI is InChI=1S/C44H28S/c1-5-13-31-23-39-35(17-27(31)9-1)21-36-18-28-10-2-6-14-32(28)24-40(36)43(39)44(45-43)41-25-33-15-7-3-11-29(33)19-37(41)22-38-20-30-12-4-8-16-34(30)26-42(38)44/h1-20,23-26H,21-22H2. The molecule has 1 aliphatic heterocycles. The molecule has 0 atom stereocenters. The maximum atomic E-state index is 2.54. The molecule has 3 aliphatic rings. The molecule has 1 heterocycles. The maximum absolute atomic E-state index is 2.54. The summed E-state index contributed by atoms with van der Waals surface area (Å²) in [4.78, 5) is 0. The molecule has 210 valence electrons. The molecule has 0 nitrogen and oxygen atoms in total. The van der Waals surface area contributed by atoms with Crippen LogP contribution in [0.25, 0.3) is 43.1 Å². The molecule has 8 aromatic carbocycles. The largest absolute Gasteiger partial charge is 0.124 e. The lowest BCUT2D eigenvalue weighted by atomic mass is 9.63. The van der Waals surface area contributed by atoms with Crippen LogP contribution >= 0.6 is 11.8 Å². The first-order valence-electron chi connectivity index (χ1n) is 16.0. The Morgan fingerprint density at radius 3 is 0.778 bits per heavy atom. The van der Waals surface area contributed by atoms with Gasteiger partial charge in [0.25, 0.3) is 0 Å². The number of hydrogen-bond acceptors (Lipinski definition) is 1. The molecule has 1 saturated heterocycles. The van der Waals surface area contributed by atoms with Crippen LogP contribution in [0, 0.1) is 0 Å². The van der Waals surface area contributed by atoms with Crippen molar-refractivity contribution in [1.82, 2.24) is 0 Å². The van der Waals surface area contributed by atoms with Crippen LogP contribution in [0.1, 0.15) is 44.5 Å². The number of rotatable bonds is 0. The van der Waals surface area contributed by atoms with Crippen molar-refractivity contribution in [3.63, 3.8) is 0 Å². The van der Waals surface area contributed by atoms with Crippen LogP contribution in [-0.4, -0.2) is 0 Å². The highest BCUT2D eigenvalue weighted by molar-refractivity contribution is 8.09. The van der Waals surface area contributed by atoms with E-state index in [9.17, 15) is 0 Å².